The van der Waals surface area contributed by atoms with Crippen LogP contribution in [0.25, 0.3) is 0 Å². The Labute approximate surface area is 104 Å². The van der Waals surface area contributed by atoms with Crippen molar-refractivity contribution in [2.75, 3.05) is 30.5 Å². The Bertz CT molecular complexity index is 332. The molecule has 0 aromatic rings. The molecule has 0 aliphatic carbocycles. The highest BCUT2D eigenvalue weighted by Crippen LogP contribution is 2.34. The van der Waals surface area contributed by atoms with Gasteiger partial charge < -0.3 is 9.47 Å². The van der Waals surface area contributed by atoms with Crippen LogP contribution in [0.15, 0.2) is 0 Å². The van der Waals surface area contributed by atoms with Crippen molar-refractivity contribution in [3.05, 3.63) is 0 Å². The van der Waals surface area contributed by atoms with Gasteiger partial charge in [0, 0.05) is 10.7 Å². The first-order chi connectivity index (χ1) is 7.49. The summed E-state index contributed by atoms with van der Waals surface area (Å²) in [5.41, 5.74) is -0.268. The molecule has 1 spiro atoms. The zero-order valence-electron chi connectivity index (χ0n) is 8.85. The first kappa shape index (κ1) is 13.0. The maximum Gasteiger partial charge on any atom is 0.235 e. The van der Waals surface area contributed by atoms with Gasteiger partial charge in [0.15, 0.2) is 0 Å². The molecule has 1 atom stereocenters. The van der Waals surface area contributed by atoms with E-state index in [0.717, 1.165) is 24.3 Å². The van der Waals surface area contributed by atoms with Crippen molar-refractivity contribution in [1.29, 1.82) is 0 Å². The first-order valence-corrected chi connectivity index (χ1v) is 8.88. The largest absolute Gasteiger partial charge is 0.376 e. The van der Waals surface area contributed by atoms with Gasteiger partial charge in [0.2, 0.25) is 9.05 Å². The van der Waals surface area contributed by atoms with E-state index in [2.05, 4.69) is 0 Å². The summed E-state index contributed by atoms with van der Waals surface area (Å²) in [4.78, 5) is 0. The molecule has 2 aliphatic heterocycles. The van der Waals surface area contributed by atoms with Gasteiger partial charge in [-0.1, -0.05) is 0 Å². The van der Waals surface area contributed by atoms with Crippen LogP contribution in [-0.2, 0) is 18.5 Å². The highest BCUT2D eigenvalue weighted by Gasteiger charge is 2.40. The average Bonchev–Trinajstić information content (AvgIpc) is 2.16. The van der Waals surface area contributed by atoms with Crippen LogP contribution in [0.2, 0.25) is 0 Å². The molecule has 2 rings (SSSR count). The normalized spacial score (nSPS) is 30.4. The highest BCUT2D eigenvalue weighted by atomic mass is 35.7. The van der Waals surface area contributed by atoms with Gasteiger partial charge in [0.05, 0.1) is 30.7 Å². The zero-order chi connectivity index (χ0) is 11.6. The van der Waals surface area contributed by atoms with Crippen molar-refractivity contribution in [3.63, 3.8) is 0 Å². The van der Waals surface area contributed by atoms with E-state index in [0.29, 0.717) is 13.2 Å². The van der Waals surface area contributed by atoms with Crippen LogP contribution in [0.4, 0.5) is 0 Å². The van der Waals surface area contributed by atoms with Crippen molar-refractivity contribution in [2.24, 2.45) is 0 Å². The number of rotatable bonds is 2. The SMILES string of the molecule is O=S(=O)(Cl)CC1COCC2(CCSCC2)O1. The molecule has 2 saturated heterocycles. The highest BCUT2D eigenvalue weighted by molar-refractivity contribution is 8.13. The molecule has 1 unspecified atom stereocenters. The van der Waals surface area contributed by atoms with Crippen LogP contribution in [0, 0.1) is 0 Å². The minimum atomic E-state index is -3.52. The molecule has 2 aliphatic rings. The third kappa shape index (κ3) is 3.50. The van der Waals surface area contributed by atoms with Crippen LogP contribution in [0.3, 0.4) is 0 Å². The predicted octanol–water partition coefficient (Wildman–Crippen LogP) is 1.24. The van der Waals surface area contributed by atoms with Crippen LogP contribution >= 0.6 is 22.4 Å². The molecule has 0 saturated carbocycles. The number of ether oxygens (including phenoxy) is 2. The summed E-state index contributed by atoms with van der Waals surface area (Å²) in [6.07, 6.45) is 1.44. The fourth-order valence-corrected chi connectivity index (χ4v) is 4.37. The second-order valence-electron chi connectivity index (χ2n) is 4.26. The summed E-state index contributed by atoms with van der Waals surface area (Å²) in [5, 5.41) is 0. The van der Waals surface area contributed by atoms with Crippen molar-refractivity contribution in [3.8, 4) is 0 Å². The lowest BCUT2D eigenvalue weighted by molar-refractivity contribution is -0.194. The second kappa shape index (κ2) is 5.02. The van der Waals surface area contributed by atoms with E-state index in [-0.39, 0.29) is 11.4 Å². The zero-order valence-corrected chi connectivity index (χ0v) is 11.2. The second-order valence-corrected chi connectivity index (χ2v) is 8.30. The number of hydrogen-bond acceptors (Lipinski definition) is 5. The van der Waals surface area contributed by atoms with Gasteiger partial charge in [0.25, 0.3) is 0 Å². The van der Waals surface area contributed by atoms with E-state index in [1.807, 2.05) is 11.8 Å². The van der Waals surface area contributed by atoms with E-state index in [9.17, 15) is 8.42 Å². The third-order valence-corrected chi connectivity index (χ3v) is 5.01. The van der Waals surface area contributed by atoms with Crippen LogP contribution in [-0.4, -0.2) is 50.6 Å². The molecule has 0 aromatic carbocycles. The van der Waals surface area contributed by atoms with Crippen molar-refractivity contribution < 1.29 is 17.9 Å². The summed E-state index contributed by atoms with van der Waals surface area (Å²) < 4.78 is 33.3. The molecule has 16 heavy (non-hydrogen) atoms. The Hall–Kier alpha value is 0.510. The van der Waals surface area contributed by atoms with Gasteiger partial charge in [-0.2, -0.15) is 11.8 Å². The summed E-state index contributed by atoms with van der Waals surface area (Å²) in [6, 6.07) is 0. The standard InChI is InChI=1S/C9H15ClO4S2/c10-16(11,12)6-8-5-13-7-9(14-8)1-3-15-4-2-9/h8H,1-7H2. The molecule has 2 heterocycles. The molecule has 0 radical (unpaired) electrons. The Balaban J connectivity index is 1.98. The van der Waals surface area contributed by atoms with Gasteiger partial charge in [-0.05, 0) is 24.3 Å². The van der Waals surface area contributed by atoms with E-state index >= 15 is 0 Å². The Morgan fingerprint density at radius 3 is 2.69 bits per heavy atom. The molecule has 4 nitrogen and oxygen atoms in total. The monoisotopic (exact) mass is 286 g/mol. The average molecular weight is 287 g/mol. The number of hydrogen-bond donors (Lipinski definition) is 0. The Morgan fingerprint density at radius 1 is 1.38 bits per heavy atom. The topological polar surface area (TPSA) is 52.6 Å². The van der Waals surface area contributed by atoms with Gasteiger partial charge in [-0.25, -0.2) is 8.42 Å². The van der Waals surface area contributed by atoms with E-state index in [1.54, 1.807) is 0 Å². The van der Waals surface area contributed by atoms with Gasteiger partial charge in [-0.15, -0.1) is 0 Å². The molecule has 94 valence electrons. The van der Waals surface area contributed by atoms with E-state index in [1.165, 1.54) is 0 Å². The minimum Gasteiger partial charge on any atom is -0.376 e. The van der Waals surface area contributed by atoms with Crippen LogP contribution in [0.5, 0.6) is 0 Å². The van der Waals surface area contributed by atoms with Crippen molar-refractivity contribution >= 4 is 31.5 Å². The minimum absolute atomic E-state index is 0.163. The Kier molecular flexibility index (Phi) is 4.06. The summed E-state index contributed by atoms with van der Waals surface area (Å²) in [6.45, 7) is 0.896. The van der Waals surface area contributed by atoms with Gasteiger partial charge in [0.1, 0.15) is 0 Å². The number of halogens is 1. The fraction of sp³-hybridized carbons (Fsp3) is 1.00. The lowest BCUT2D eigenvalue weighted by atomic mass is 9.96. The van der Waals surface area contributed by atoms with Gasteiger partial charge >= 0.3 is 0 Å². The molecule has 0 N–H and O–H groups in total. The lowest BCUT2D eigenvalue weighted by Gasteiger charge is -2.43. The fourth-order valence-electron chi connectivity index (χ4n) is 2.11. The van der Waals surface area contributed by atoms with E-state index in [4.69, 9.17) is 20.2 Å². The summed E-state index contributed by atoms with van der Waals surface area (Å²) >= 11 is 1.90. The molecule has 7 heteroatoms. The Morgan fingerprint density at radius 2 is 2.06 bits per heavy atom. The smallest absolute Gasteiger partial charge is 0.235 e. The first-order valence-electron chi connectivity index (χ1n) is 5.25. The third-order valence-electron chi connectivity index (χ3n) is 2.87. The van der Waals surface area contributed by atoms with Crippen molar-refractivity contribution in [1.82, 2.24) is 0 Å². The van der Waals surface area contributed by atoms with Gasteiger partial charge in [-0.3, -0.25) is 0 Å². The molecule has 2 fully saturated rings. The van der Waals surface area contributed by atoms with E-state index < -0.39 is 15.2 Å². The molecular weight excluding hydrogens is 272 g/mol. The molecular formula is C9H15ClO4S2. The molecule has 0 aromatic heterocycles. The van der Waals surface area contributed by atoms with Crippen LogP contribution in [0.1, 0.15) is 12.8 Å². The summed E-state index contributed by atoms with van der Waals surface area (Å²) in [7, 11) is 1.71. The van der Waals surface area contributed by atoms with Crippen molar-refractivity contribution in [2.45, 2.75) is 24.5 Å². The number of thioether (sulfide) groups is 1. The molecule has 0 bridgehead atoms. The quantitative estimate of drug-likeness (QED) is 0.715. The lowest BCUT2D eigenvalue weighted by Crippen LogP contribution is -2.51. The summed E-state index contributed by atoms with van der Waals surface area (Å²) in [5.74, 6) is 1.93. The maximum atomic E-state index is 11.0. The van der Waals surface area contributed by atoms with Crippen LogP contribution < -0.4 is 0 Å². The molecule has 0 amide bonds. The maximum absolute atomic E-state index is 11.0. The predicted molar refractivity (Wildman–Crippen MR) is 64.6 cm³/mol.